The fourth-order valence-corrected chi connectivity index (χ4v) is 1.82. The van der Waals surface area contributed by atoms with Gasteiger partial charge in [-0.2, -0.15) is 0 Å². The molecule has 2 aromatic rings. The molecule has 0 saturated heterocycles. The van der Waals surface area contributed by atoms with Crippen LogP contribution in [-0.4, -0.2) is 30.7 Å². The first kappa shape index (κ1) is 25.3. The second kappa shape index (κ2) is 13.0. The minimum Gasteiger partial charge on any atom is -0.404 e. The van der Waals surface area contributed by atoms with E-state index in [2.05, 4.69) is 53.3 Å². The van der Waals surface area contributed by atoms with Crippen LogP contribution < -0.4 is 16.0 Å². The number of fused-ring (bicyclic) bond motifs is 1. The minimum absolute atomic E-state index is 0. The van der Waals surface area contributed by atoms with E-state index in [1.54, 1.807) is 0 Å². The van der Waals surface area contributed by atoms with Crippen molar-refractivity contribution in [1.29, 1.82) is 0 Å². The van der Waals surface area contributed by atoms with Gasteiger partial charge in [-0.3, -0.25) is 0 Å². The Morgan fingerprint density at radius 3 is 1.90 bits per heavy atom. The van der Waals surface area contributed by atoms with Gasteiger partial charge in [-0.15, -0.1) is 29.0 Å². The van der Waals surface area contributed by atoms with Gasteiger partial charge in [0.15, 0.2) is 0 Å². The van der Waals surface area contributed by atoms with Crippen LogP contribution >= 0.6 is 0 Å². The van der Waals surface area contributed by atoms with Crippen molar-refractivity contribution in [2.75, 3.05) is 37.1 Å². The third-order valence-corrected chi connectivity index (χ3v) is 2.67. The molecule has 0 bridgehead atoms. The quantitative estimate of drug-likeness (QED) is 0.546. The van der Waals surface area contributed by atoms with E-state index < -0.39 is 0 Å². The van der Waals surface area contributed by atoms with E-state index in [1.165, 1.54) is 10.8 Å². The molecule has 3 nitrogen and oxygen atoms in total. The molecule has 0 aliphatic rings. The molecule has 0 heterocycles. The fraction of sp³-hybridized carbons (Fsp3) is 0.312. The molecule has 0 aliphatic heterocycles. The molecule has 0 spiro atoms. The van der Waals surface area contributed by atoms with E-state index in [4.69, 9.17) is 0 Å². The van der Waals surface area contributed by atoms with E-state index >= 15 is 0 Å². The summed E-state index contributed by atoms with van der Waals surface area (Å²) in [6.45, 7) is 4.31. The predicted octanol–water partition coefficient (Wildman–Crippen LogP) is 4.37. The molecule has 0 unspecified atom stereocenters. The molecular formula is C16H28N3SiZr. The van der Waals surface area contributed by atoms with Gasteiger partial charge in [-0.1, -0.05) is 18.8 Å². The van der Waals surface area contributed by atoms with Gasteiger partial charge < -0.3 is 30.8 Å². The van der Waals surface area contributed by atoms with Crippen LogP contribution in [0.15, 0.2) is 24.3 Å². The smallest absolute Gasteiger partial charge is 0.404 e. The van der Waals surface area contributed by atoms with Gasteiger partial charge in [0, 0.05) is 30.7 Å². The maximum atomic E-state index is 3.21. The largest absolute Gasteiger partial charge is 3.00 e. The van der Waals surface area contributed by atoms with Gasteiger partial charge in [-0.05, 0) is 17.4 Å². The zero-order valence-electron chi connectivity index (χ0n) is 14.3. The summed E-state index contributed by atoms with van der Waals surface area (Å²) in [4.78, 5) is 0. The van der Waals surface area contributed by atoms with Crippen LogP contribution in [0.3, 0.4) is 0 Å². The van der Waals surface area contributed by atoms with Crippen molar-refractivity contribution in [2.24, 2.45) is 0 Å². The number of hydrogen-bond donors (Lipinski definition) is 3. The van der Waals surface area contributed by atoms with Crippen LogP contribution in [0.5, 0.6) is 0 Å². The summed E-state index contributed by atoms with van der Waals surface area (Å²) >= 11 is 0. The number of benzene rings is 1. The molecule has 2 aromatic carbocycles. The maximum absolute atomic E-state index is 3.21. The summed E-state index contributed by atoms with van der Waals surface area (Å²) in [5.74, 6) is 0. The third kappa shape index (κ3) is 6.75. The molecule has 0 atom stereocenters. The Morgan fingerprint density at radius 1 is 0.905 bits per heavy atom. The standard InChI is InChI=1S/C12H16N3.C2H6Si.2CH3.Zr/c1-13-9-4-8-5-10(14-2)7-12(15-3)11(8)6-9;1-3-2;;;/h4-7,13-15H,1-3H3;1-2H3;2*1H3;/q-1;;2*-1;+3. The van der Waals surface area contributed by atoms with Crippen molar-refractivity contribution in [3.63, 3.8) is 0 Å². The van der Waals surface area contributed by atoms with Crippen molar-refractivity contribution in [1.82, 2.24) is 0 Å². The van der Waals surface area contributed by atoms with Crippen LogP contribution in [-0.2, 0) is 26.2 Å². The Balaban J connectivity index is -0.000000500. The monoisotopic (exact) mass is 380 g/mol. The zero-order valence-corrected chi connectivity index (χ0v) is 17.8. The Kier molecular flexibility index (Phi) is 15.7. The molecule has 5 heteroatoms. The fourth-order valence-electron chi connectivity index (χ4n) is 1.82. The maximum Gasteiger partial charge on any atom is 3.00 e. The summed E-state index contributed by atoms with van der Waals surface area (Å²) in [7, 11) is 6.90. The van der Waals surface area contributed by atoms with Crippen LogP contribution in [0.2, 0.25) is 13.1 Å². The van der Waals surface area contributed by atoms with Crippen molar-refractivity contribution in [2.45, 2.75) is 13.1 Å². The van der Waals surface area contributed by atoms with Gasteiger partial charge in [0.1, 0.15) is 0 Å². The summed E-state index contributed by atoms with van der Waals surface area (Å²) < 4.78 is 0. The molecule has 0 saturated carbocycles. The normalized spacial score (nSPS) is 8.24. The number of anilines is 3. The molecule has 3 N–H and O–H groups in total. The van der Waals surface area contributed by atoms with Gasteiger partial charge in [0.05, 0.1) is 0 Å². The average Bonchev–Trinajstić information content (AvgIpc) is 2.81. The van der Waals surface area contributed by atoms with Gasteiger partial charge in [0.2, 0.25) is 0 Å². The van der Waals surface area contributed by atoms with E-state index in [9.17, 15) is 0 Å². The molecule has 0 amide bonds. The van der Waals surface area contributed by atoms with E-state index in [0.29, 0.717) is 0 Å². The van der Waals surface area contributed by atoms with Gasteiger partial charge in [-0.25, -0.2) is 0 Å². The van der Waals surface area contributed by atoms with Crippen LogP contribution in [0.25, 0.3) is 10.8 Å². The van der Waals surface area contributed by atoms with Crippen LogP contribution in [0.4, 0.5) is 17.1 Å². The van der Waals surface area contributed by atoms with E-state index in [1.807, 2.05) is 21.1 Å². The molecule has 21 heavy (non-hydrogen) atoms. The summed E-state index contributed by atoms with van der Waals surface area (Å²) in [5, 5.41) is 12.0. The Hall–Kier alpha value is -0.670. The predicted molar refractivity (Wildman–Crippen MR) is 98.5 cm³/mol. The molecule has 2 rings (SSSR count). The van der Waals surface area contributed by atoms with Crippen molar-refractivity contribution >= 4 is 37.4 Å². The van der Waals surface area contributed by atoms with E-state index in [-0.39, 0.29) is 41.1 Å². The Bertz CT molecular complexity index is 497. The molecule has 3 radical (unpaired) electrons. The van der Waals surface area contributed by atoms with Crippen LogP contribution in [0.1, 0.15) is 0 Å². The Morgan fingerprint density at radius 2 is 1.48 bits per heavy atom. The van der Waals surface area contributed by atoms with Crippen LogP contribution in [0, 0.1) is 14.9 Å². The second-order valence-electron chi connectivity index (χ2n) is 4.02. The summed E-state index contributed by atoms with van der Waals surface area (Å²) in [6.07, 6.45) is 0. The van der Waals surface area contributed by atoms with Gasteiger partial charge >= 0.3 is 26.2 Å². The molecule has 115 valence electrons. The molecule has 0 aromatic heterocycles. The number of rotatable bonds is 3. The zero-order chi connectivity index (χ0) is 13.5. The summed E-state index contributed by atoms with van der Waals surface area (Å²) in [5.41, 5.74) is 3.42. The SMILES string of the molecule is CNc1cc(NC)c2cc(NC)[cH-]c2c1.C[Si]C.[CH3-].[CH3-].[Zr+3]. The van der Waals surface area contributed by atoms with E-state index in [0.717, 1.165) is 26.6 Å². The first-order valence-corrected chi connectivity index (χ1v) is 8.06. The molecule has 0 fully saturated rings. The first-order valence-electron chi connectivity index (χ1n) is 6.06. The van der Waals surface area contributed by atoms with Crippen molar-refractivity contribution < 1.29 is 26.2 Å². The first-order chi connectivity index (χ1) is 8.69. The Labute approximate surface area is 152 Å². The van der Waals surface area contributed by atoms with Crippen molar-refractivity contribution in [3.8, 4) is 0 Å². The minimum atomic E-state index is 0. The number of hydrogen-bond acceptors (Lipinski definition) is 3. The topological polar surface area (TPSA) is 36.1 Å². The second-order valence-corrected chi connectivity index (χ2v) is 5.02. The van der Waals surface area contributed by atoms with Gasteiger partial charge in [0.25, 0.3) is 0 Å². The van der Waals surface area contributed by atoms with Crippen molar-refractivity contribution in [3.05, 3.63) is 39.1 Å². The average molecular weight is 382 g/mol. The number of nitrogens with one attached hydrogen (secondary N) is 3. The molecular weight excluding hydrogens is 354 g/mol. The molecule has 0 aliphatic carbocycles. The summed E-state index contributed by atoms with van der Waals surface area (Å²) in [6, 6.07) is 8.57. The third-order valence-electron chi connectivity index (χ3n) is 2.67.